The van der Waals surface area contributed by atoms with E-state index in [4.69, 9.17) is 0 Å². The lowest BCUT2D eigenvalue weighted by Gasteiger charge is -2.23. The largest absolute Gasteiger partial charge is 0.353 e. The number of halogens is 2. The minimum absolute atomic E-state index is 0. The quantitative estimate of drug-likeness (QED) is 0.705. The Morgan fingerprint density at radius 2 is 1.78 bits per heavy atom. The van der Waals surface area contributed by atoms with Crippen LogP contribution in [-0.4, -0.2) is 37.5 Å². The van der Waals surface area contributed by atoms with Crippen LogP contribution in [0.5, 0.6) is 0 Å². The van der Waals surface area contributed by atoms with Crippen molar-refractivity contribution in [3.8, 4) is 0 Å². The maximum atomic E-state index is 13.6. The molecule has 0 aliphatic carbocycles. The molecule has 0 heterocycles. The summed E-state index contributed by atoms with van der Waals surface area (Å²) in [7, 11) is 1.80. The van der Waals surface area contributed by atoms with Crippen LogP contribution >= 0.6 is 12.4 Å². The molecule has 0 aliphatic rings. The molecule has 0 radical (unpaired) electrons. The van der Waals surface area contributed by atoms with E-state index in [-0.39, 0.29) is 35.8 Å². The van der Waals surface area contributed by atoms with Gasteiger partial charge in [-0.05, 0) is 32.0 Å². The maximum absolute atomic E-state index is 13.6. The fourth-order valence-corrected chi connectivity index (χ4v) is 1.87. The van der Waals surface area contributed by atoms with Gasteiger partial charge in [0.15, 0.2) is 0 Å². The molecule has 0 aromatic heterocycles. The summed E-state index contributed by atoms with van der Waals surface area (Å²) in [6.45, 7) is 6.04. The highest BCUT2D eigenvalue weighted by Crippen LogP contribution is 2.09. The molecule has 1 rings (SSSR count). The van der Waals surface area contributed by atoms with Crippen LogP contribution in [0.2, 0.25) is 0 Å². The van der Waals surface area contributed by atoms with Crippen molar-refractivity contribution in [2.45, 2.75) is 32.9 Å². The Morgan fingerprint density at radius 1 is 1.17 bits per heavy atom. The van der Waals surface area contributed by atoms with E-state index in [0.717, 1.165) is 0 Å². The van der Waals surface area contributed by atoms with Gasteiger partial charge in [-0.1, -0.05) is 26.0 Å². The molecule has 2 amide bonds. The summed E-state index contributed by atoms with van der Waals surface area (Å²) >= 11 is 0. The van der Waals surface area contributed by atoms with Crippen molar-refractivity contribution in [3.63, 3.8) is 0 Å². The van der Waals surface area contributed by atoms with Crippen molar-refractivity contribution in [2.75, 3.05) is 13.6 Å². The summed E-state index contributed by atoms with van der Waals surface area (Å²) in [5, 5.41) is 8.39. The van der Waals surface area contributed by atoms with Crippen molar-refractivity contribution in [1.29, 1.82) is 0 Å². The number of nitrogens with one attached hydrogen (secondary N) is 3. The van der Waals surface area contributed by atoms with Gasteiger partial charge in [-0.2, -0.15) is 0 Å². The van der Waals surface area contributed by atoms with Crippen LogP contribution < -0.4 is 16.0 Å². The maximum Gasteiger partial charge on any atom is 0.254 e. The van der Waals surface area contributed by atoms with E-state index in [1.54, 1.807) is 13.1 Å². The molecule has 130 valence electrons. The van der Waals surface area contributed by atoms with Crippen LogP contribution in [-0.2, 0) is 4.79 Å². The number of hydrogen-bond donors (Lipinski definition) is 3. The van der Waals surface area contributed by atoms with Crippen molar-refractivity contribution >= 4 is 24.2 Å². The Kier molecular flexibility index (Phi) is 9.44. The van der Waals surface area contributed by atoms with Crippen molar-refractivity contribution in [2.24, 2.45) is 5.92 Å². The summed E-state index contributed by atoms with van der Waals surface area (Å²) in [6.07, 6.45) is 0. The lowest BCUT2D eigenvalue weighted by atomic mass is 10.0. The third kappa shape index (κ3) is 6.54. The van der Waals surface area contributed by atoms with Crippen molar-refractivity contribution in [3.05, 3.63) is 35.6 Å². The van der Waals surface area contributed by atoms with E-state index >= 15 is 0 Å². The molecule has 5 nitrogen and oxygen atoms in total. The Labute approximate surface area is 142 Å². The Hall–Kier alpha value is -1.66. The van der Waals surface area contributed by atoms with Gasteiger partial charge in [0.2, 0.25) is 5.91 Å². The van der Waals surface area contributed by atoms with E-state index in [2.05, 4.69) is 16.0 Å². The Bertz CT molecular complexity index is 526. The molecule has 23 heavy (non-hydrogen) atoms. The zero-order chi connectivity index (χ0) is 16.7. The van der Waals surface area contributed by atoms with Gasteiger partial charge in [0.1, 0.15) is 11.9 Å². The van der Waals surface area contributed by atoms with Gasteiger partial charge in [-0.3, -0.25) is 9.59 Å². The van der Waals surface area contributed by atoms with Crippen molar-refractivity contribution < 1.29 is 14.0 Å². The standard InChI is InChI=1S/C16H24FN3O2.ClH/c1-10(2)14(16(22)19-9-11(3)18-4)20-15(21)12-7-5-6-8-13(12)17;/h5-8,10-11,14,18H,9H2,1-4H3,(H,19,22)(H,20,21);1H. The summed E-state index contributed by atoms with van der Waals surface area (Å²) < 4.78 is 13.6. The van der Waals surface area contributed by atoms with E-state index in [0.29, 0.717) is 6.54 Å². The van der Waals surface area contributed by atoms with Crippen LogP contribution in [0.3, 0.4) is 0 Å². The first-order valence-corrected chi connectivity index (χ1v) is 7.37. The molecular weight excluding hydrogens is 321 g/mol. The van der Waals surface area contributed by atoms with Gasteiger partial charge in [-0.15, -0.1) is 12.4 Å². The predicted octanol–water partition coefficient (Wildman–Crippen LogP) is 1.73. The molecule has 0 bridgehead atoms. The van der Waals surface area contributed by atoms with Gasteiger partial charge in [0.05, 0.1) is 5.56 Å². The molecule has 0 saturated carbocycles. The molecule has 3 N–H and O–H groups in total. The Morgan fingerprint density at radius 3 is 2.30 bits per heavy atom. The number of likely N-dealkylation sites (N-methyl/N-ethyl adjacent to an activating group) is 1. The fraction of sp³-hybridized carbons (Fsp3) is 0.500. The zero-order valence-corrected chi connectivity index (χ0v) is 14.7. The number of hydrogen-bond acceptors (Lipinski definition) is 3. The van der Waals surface area contributed by atoms with Crippen LogP contribution in [0.25, 0.3) is 0 Å². The Balaban J connectivity index is 0.00000484. The summed E-state index contributed by atoms with van der Waals surface area (Å²) in [4.78, 5) is 24.3. The third-order valence-corrected chi connectivity index (χ3v) is 3.43. The first kappa shape index (κ1) is 21.3. The number of benzene rings is 1. The monoisotopic (exact) mass is 345 g/mol. The van der Waals surface area contributed by atoms with Crippen LogP contribution in [0.15, 0.2) is 24.3 Å². The van der Waals surface area contributed by atoms with Crippen LogP contribution in [0, 0.1) is 11.7 Å². The molecule has 0 aliphatic heterocycles. The van der Waals surface area contributed by atoms with Gasteiger partial charge in [0.25, 0.3) is 5.91 Å². The van der Waals surface area contributed by atoms with Gasteiger partial charge < -0.3 is 16.0 Å². The smallest absolute Gasteiger partial charge is 0.254 e. The first-order valence-electron chi connectivity index (χ1n) is 7.37. The predicted molar refractivity (Wildman–Crippen MR) is 91.3 cm³/mol. The summed E-state index contributed by atoms with van der Waals surface area (Å²) in [6, 6.07) is 5.11. The average molecular weight is 346 g/mol. The fourth-order valence-electron chi connectivity index (χ4n) is 1.87. The van der Waals surface area contributed by atoms with Gasteiger partial charge >= 0.3 is 0 Å². The lowest BCUT2D eigenvalue weighted by Crippen LogP contribution is -2.51. The van der Waals surface area contributed by atoms with E-state index in [1.807, 2.05) is 20.8 Å². The molecule has 0 fully saturated rings. The SMILES string of the molecule is CNC(C)CNC(=O)C(NC(=O)c1ccccc1F)C(C)C.Cl. The molecule has 1 aromatic rings. The number of carbonyl (C=O) groups excluding carboxylic acids is 2. The lowest BCUT2D eigenvalue weighted by molar-refractivity contribution is -0.124. The number of rotatable bonds is 7. The van der Waals surface area contributed by atoms with Crippen LogP contribution in [0.4, 0.5) is 4.39 Å². The minimum Gasteiger partial charge on any atom is -0.353 e. The normalized spacial score (nSPS) is 13.0. The average Bonchev–Trinajstić information content (AvgIpc) is 2.49. The molecule has 7 heteroatoms. The second-order valence-corrected chi connectivity index (χ2v) is 5.61. The molecular formula is C16H25ClFN3O2. The summed E-state index contributed by atoms with van der Waals surface area (Å²) in [5.74, 6) is -1.58. The third-order valence-electron chi connectivity index (χ3n) is 3.43. The van der Waals surface area contributed by atoms with E-state index in [9.17, 15) is 14.0 Å². The second-order valence-electron chi connectivity index (χ2n) is 5.61. The highest BCUT2D eigenvalue weighted by atomic mass is 35.5. The molecule has 0 saturated heterocycles. The molecule has 2 unspecified atom stereocenters. The van der Waals surface area contributed by atoms with E-state index in [1.165, 1.54) is 18.2 Å². The zero-order valence-electron chi connectivity index (χ0n) is 13.9. The first-order chi connectivity index (χ1) is 10.4. The molecule has 2 atom stereocenters. The molecule has 1 aromatic carbocycles. The number of amides is 2. The highest BCUT2D eigenvalue weighted by molar-refractivity contribution is 5.97. The second kappa shape index (κ2) is 10.2. The topological polar surface area (TPSA) is 70.2 Å². The molecule has 0 spiro atoms. The minimum atomic E-state index is -0.712. The number of carbonyl (C=O) groups is 2. The van der Waals surface area contributed by atoms with Crippen molar-refractivity contribution in [1.82, 2.24) is 16.0 Å². The summed E-state index contributed by atoms with van der Waals surface area (Å²) in [5.41, 5.74) is -0.0652. The highest BCUT2D eigenvalue weighted by Gasteiger charge is 2.25. The van der Waals surface area contributed by atoms with Crippen LogP contribution in [0.1, 0.15) is 31.1 Å². The van der Waals surface area contributed by atoms with E-state index < -0.39 is 17.8 Å². The van der Waals surface area contributed by atoms with Gasteiger partial charge in [0, 0.05) is 12.6 Å². The van der Waals surface area contributed by atoms with Gasteiger partial charge in [-0.25, -0.2) is 4.39 Å².